The number of hydrogen-bond acceptors (Lipinski definition) is 4. The van der Waals surface area contributed by atoms with Gasteiger partial charge in [-0.15, -0.1) is 0 Å². The molecule has 0 aliphatic heterocycles. The van der Waals surface area contributed by atoms with E-state index in [1.54, 1.807) is 6.92 Å². The van der Waals surface area contributed by atoms with Gasteiger partial charge in [0.05, 0.1) is 22.3 Å². The SMILES string of the molecule is CCOCC1(C(N)=S)C(c2ccc(Br)cc2)C1S(=O)(=O)CC. The van der Waals surface area contributed by atoms with Crippen LogP contribution in [0.4, 0.5) is 0 Å². The Balaban J connectivity index is 2.48. The van der Waals surface area contributed by atoms with Gasteiger partial charge in [-0.25, -0.2) is 8.42 Å². The minimum Gasteiger partial charge on any atom is -0.393 e. The molecule has 0 aromatic heterocycles. The fourth-order valence-corrected chi connectivity index (χ4v) is 5.79. The molecule has 3 unspecified atom stereocenters. The van der Waals surface area contributed by atoms with Crippen molar-refractivity contribution in [3.8, 4) is 0 Å². The third-order valence-corrected chi connectivity index (χ3v) is 7.46. The lowest BCUT2D eigenvalue weighted by molar-refractivity contribution is 0.121. The molecule has 0 radical (unpaired) electrons. The van der Waals surface area contributed by atoms with Crippen LogP contribution >= 0.6 is 28.1 Å². The molecule has 0 spiro atoms. The van der Waals surface area contributed by atoms with E-state index in [2.05, 4.69) is 15.9 Å². The molecular formula is C15H20BrNO3S2. The highest BCUT2D eigenvalue weighted by atomic mass is 79.9. The number of halogens is 1. The highest BCUT2D eigenvalue weighted by Gasteiger charge is 2.72. The minimum atomic E-state index is -3.27. The summed E-state index contributed by atoms with van der Waals surface area (Å²) < 4.78 is 31.5. The van der Waals surface area contributed by atoms with Gasteiger partial charge >= 0.3 is 0 Å². The standard InChI is InChI=1S/C15H20BrNO3S2/c1-3-20-9-15(14(17)21)12(13(15)22(18,19)4-2)10-5-7-11(16)8-6-10/h5-8,12-13H,3-4,9H2,1-2H3,(H2,17,21). The van der Waals surface area contributed by atoms with Crippen molar-refractivity contribution in [1.29, 1.82) is 0 Å². The Kier molecular flexibility index (Phi) is 5.31. The lowest BCUT2D eigenvalue weighted by Gasteiger charge is -2.16. The Hall–Kier alpha value is -0.500. The van der Waals surface area contributed by atoms with Crippen molar-refractivity contribution < 1.29 is 13.2 Å². The molecule has 1 aliphatic rings. The molecule has 1 saturated carbocycles. The maximum absolute atomic E-state index is 12.5. The predicted octanol–water partition coefficient (Wildman–Crippen LogP) is 2.66. The normalized spacial score (nSPS) is 27.6. The average molecular weight is 406 g/mol. The Morgan fingerprint density at radius 2 is 1.95 bits per heavy atom. The summed E-state index contributed by atoms with van der Waals surface area (Å²) in [4.78, 5) is 0.218. The van der Waals surface area contributed by atoms with E-state index in [0.717, 1.165) is 10.0 Å². The van der Waals surface area contributed by atoms with Crippen molar-refractivity contribution in [1.82, 2.24) is 0 Å². The van der Waals surface area contributed by atoms with Crippen molar-refractivity contribution in [2.45, 2.75) is 25.0 Å². The quantitative estimate of drug-likeness (QED) is 0.706. The van der Waals surface area contributed by atoms with Gasteiger partial charge in [0.15, 0.2) is 9.84 Å². The van der Waals surface area contributed by atoms with E-state index in [0.29, 0.717) is 6.61 Å². The van der Waals surface area contributed by atoms with Crippen LogP contribution in [0.3, 0.4) is 0 Å². The number of rotatable bonds is 7. The average Bonchev–Trinajstić information content (AvgIpc) is 3.17. The van der Waals surface area contributed by atoms with E-state index < -0.39 is 20.5 Å². The molecule has 2 rings (SSSR count). The van der Waals surface area contributed by atoms with Crippen LogP contribution in [0.15, 0.2) is 28.7 Å². The second-order valence-electron chi connectivity index (χ2n) is 5.44. The molecular weight excluding hydrogens is 386 g/mol. The monoisotopic (exact) mass is 405 g/mol. The molecule has 1 fully saturated rings. The topological polar surface area (TPSA) is 69.4 Å². The van der Waals surface area contributed by atoms with Gasteiger partial charge in [0, 0.05) is 22.8 Å². The zero-order chi connectivity index (χ0) is 16.5. The first-order chi connectivity index (χ1) is 10.3. The molecule has 1 aromatic rings. The summed E-state index contributed by atoms with van der Waals surface area (Å²) in [6, 6.07) is 7.63. The first-order valence-electron chi connectivity index (χ1n) is 7.16. The third-order valence-electron chi connectivity index (χ3n) is 4.28. The summed E-state index contributed by atoms with van der Waals surface area (Å²) in [5.74, 6) is -0.170. The van der Waals surface area contributed by atoms with Gasteiger partial charge in [-0.05, 0) is 24.6 Å². The van der Waals surface area contributed by atoms with Gasteiger partial charge < -0.3 is 10.5 Å². The van der Waals surface area contributed by atoms with Crippen molar-refractivity contribution in [3.05, 3.63) is 34.3 Å². The summed E-state index contributed by atoms with van der Waals surface area (Å²) in [7, 11) is -3.27. The molecule has 7 heteroatoms. The van der Waals surface area contributed by atoms with Gasteiger partial charge in [-0.1, -0.05) is 47.2 Å². The number of nitrogens with two attached hydrogens (primary N) is 1. The minimum absolute atomic E-state index is 0.0706. The van der Waals surface area contributed by atoms with E-state index in [1.165, 1.54) is 0 Å². The molecule has 1 aliphatic carbocycles. The van der Waals surface area contributed by atoms with Crippen LogP contribution in [0.2, 0.25) is 0 Å². The van der Waals surface area contributed by atoms with Crippen molar-refractivity contribution >= 4 is 43.0 Å². The third kappa shape index (κ3) is 2.96. The number of sulfone groups is 1. The molecule has 1 aromatic carbocycles. The van der Waals surface area contributed by atoms with Gasteiger partial charge in [-0.2, -0.15) is 0 Å². The lowest BCUT2D eigenvalue weighted by atomic mass is 10.00. The lowest BCUT2D eigenvalue weighted by Crippen LogP contribution is -2.34. The Bertz CT molecular complexity index is 660. The maximum Gasteiger partial charge on any atom is 0.154 e. The summed E-state index contributed by atoms with van der Waals surface area (Å²) in [6.07, 6.45) is 0. The molecule has 22 heavy (non-hydrogen) atoms. The number of thiocarbonyl (C=S) groups is 1. The summed E-state index contributed by atoms with van der Waals surface area (Å²) in [5.41, 5.74) is 6.08. The van der Waals surface area contributed by atoms with Crippen LogP contribution < -0.4 is 5.73 Å². The first-order valence-corrected chi connectivity index (χ1v) is 10.1. The van der Waals surface area contributed by atoms with Crippen molar-refractivity contribution in [2.75, 3.05) is 19.0 Å². The Morgan fingerprint density at radius 1 is 1.36 bits per heavy atom. The fourth-order valence-electron chi connectivity index (χ4n) is 3.06. The van der Waals surface area contributed by atoms with Gasteiger partial charge in [0.2, 0.25) is 0 Å². The van der Waals surface area contributed by atoms with Crippen molar-refractivity contribution in [2.24, 2.45) is 11.1 Å². The number of ether oxygens (including phenoxy) is 1. The number of hydrogen-bond donors (Lipinski definition) is 1. The van der Waals surface area contributed by atoms with E-state index in [-0.39, 0.29) is 23.3 Å². The van der Waals surface area contributed by atoms with Crippen LogP contribution in [0.25, 0.3) is 0 Å². The first kappa shape index (κ1) is 17.8. The number of benzene rings is 1. The summed E-state index contributed by atoms with van der Waals surface area (Å²) in [5, 5.41) is -0.602. The molecule has 0 bridgehead atoms. The Morgan fingerprint density at radius 3 is 2.41 bits per heavy atom. The zero-order valence-electron chi connectivity index (χ0n) is 12.6. The second-order valence-corrected chi connectivity index (χ2v) is 9.21. The van der Waals surface area contributed by atoms with E-state index >= 15 is 0 Å². The van der Waals surface area contributed by atoms with E-state index in [9.17, 15) is 8.42 Å². The van der Waals surface area contributed by atoms with Gasteiger partial charge in [0.25, 0.3) is 0 Å². The van der Waals surface area contributed by atoms with Crippen LogP contribution in [-0.4, -0.2) is 37.6 Å². The predicted molar refractivity (Wildman–Crippen MR) is 95.8 cm³/mol. The molecule has 0 saturated heterocycles. The van der Waals surface area contributed by atoms with Gasteiger partial charge in [0.1, 0.15) is 0 Å². The van der Waals surface area contributed by atoms with Crippen LogP contribution in [0, 0.1) is 5.41 Å². The fraction of sp³-hybridized carbons (Fsp3) is 0.533. The molecule has 0 amide bonds. The van der Waals surface area contributed by atoms with Crippen LogP contribution in [0.1, 0.15) is 25.3 Å². The smallest absolute Gasteiger partial charge is 0.154 e. The highest BCUT2D eigenvalue weighted by Crippen LogP contribution is 2.63. The van der Waals surface area contributed by atoms with Crippen molar-refractivity contribution in [3.63, 3.8) is 0 Å². The second kappa shape index (κ2) is 6.55. The molecule has 122 valence electrons. The molecule has 3 atom stereocenters. The summed E-state index contributed by atoms with van der Waals surface area (Å²) in [6.45, 7) is 4.25. The van der Waals surface area contributed by atoms with E-state index in [4.69, 9.17) is 22.7 Å². The van der Waals surface area contributed by atoms with Gasteiger partial charge in [-0.3, -0.25) is 0 Å². The van der Waals surface area contributed by atoms with Crippen LogP contribution in [-0.2, 0) is 14.6 Å². The highest BCUT2D eigenvalue weighted by molar-refractivity contribution is 9.10. The largest absolute Gasteiger partial charge is 0.393 e. The van der Waals surface area contributed by atoms with E-state index in [1.807, 2.05) is 31.2 Å². The maximum atomic E-state index is 12.5. The molecule has 4 nitrogen and oxygen atoms in total. The molecule has 2 N–H and O–H groups in total. The zero-order valence-corrected chi connectivity index (χ0v) is 15.8. The van der Waals surface area contributed by atoms with Crippen LogP contribution in [0.5, 0.6) is 0 Å². The molecule has 0 heterocycles. The Labute approximate surface area is 145 Å². The summed E-state index contributed by atoms with van der Waals surface area (Å²) >= 11 is 8.62.